The minimum Gasteiger partial charge on any atom is -0.467 e. The summed E-state index contributed by atoms with van der Waals surface area (Å²) in [5, 5.41) is -0.115. The molecule has 12 nitrogen and oxygen atoms in total. The van der Waals surface area contributed by atoms with Crippen LogP contribution in [0.1, 0.15) is 36.2 Å². The Balaban J connectivity index is 1.60. The van der Waals surface area contributed by atoms with Crippen molar-refractivity contribution in [3.63, 3.8) is 0 Å². The zero-order chi connectivity index (χ0) is 25.3. The van der Waals surface area contributed by atoms with Crippen molar-refractivity contribution in [1.82, 2.24) is 28.6 Å². The van der Waals surface area contributed by atoms with E-state index in [9.17, 15) is 22.8 Å². The van der Waals surface area contributed by atoms with Gasteiger partial charge >= 0.3 is 5.97 Å². The number of imidazole rings is 1. The number of nitrogens with zero attached hydrogens (tertiary/aromatic N) is 5. The molecule has 2 aromatic heterocycles. The summed E-state index contributed by atoms with van der Waals surface area (Å²) >= 11 is 0. The number of rotatable bonds is 6. The van der Waals surface area contributed by atoms with Crippen LogP contribution in [0, 0.1) is 0 Å². The molecule has 4 heterocycles. The molecule has 2 aliphatic rings. The van der Waals surface area contributed by atoms with Crippen LogP contribution in [0.5, 0.6) is 0 Å². The first-order valence-corrected chi connectivity index (χ1v) is 12.9. The van der Waals surface area contributed by atoms with Gasteiger partial charge in [-0.25, -0.2) is 22.9 Å². The van der Waals surface area contributed by atoms with Crippen LogP contribution < -0.4 is 4.72 Å². The van der Waals surface area contributed by atoms with Crippen molar-refractivity contribution < 1.29 is 27.5 Å². The average Bonchev–Trinajstić information content (AvgIpc) is 3.58. The first-order chi connectivity index (χ1) is 16.6. The van der Waals surface area contributed by atoms with Gasteiger partial charge in [-0.3, -0.25) is 9.59 Å². The minimum atomic E-state index is -3.91. The zero-order valence-electron chi connectivity index (χ0n) is 20.0. The molecule has 0 bridgehead atoms. The van der Waals surface area contributed by atoms with Gasteiger partial charge in [0.1, 0.15) is 17.8 Å². The number of hydrogen-bond acceptors (Lipinski definition) is 7. The summed E-state index contributed by atoms with van der Waals surface area (Å²) in [6.07, 6.45) is 6.04. The molecule has 3 unspecified atom stereocenters. The highest BCUT2D eigenvalue weighted by molar-refractivity contribution is 7.89. The van der Waals surface area contributed by atoms with Crippen LogP contribution in [0.2, 0.25) is 0 Å². The first-order valence-electron chi connectivity index (χ1n) is 11.4. The van der Waals surface area contributed by atoms with Crippen LogP contribution in [0.3, 0.4) is 0 Å². The third-order valence-corrected chi connectivity index (χ3v) is 8.00. The molecule has 4 rings (SSSR count). The van der Waals surface area contributed by atoms with E-state index in [-0.39, 0.29) is 29.8 Å². The fraction of sp³-hybridized carbons (Fsp3) is 0.545. The first kappa shape index (κ1) is 24.9. The number of carbonyl (C=O) groups is 3. The number of esters is 1. The molecular weight excluding hydrogens is 476 g/mol. The lowest BCUT2D eigenvalue weighted by atomic mass is 9.96. The van der Waals surface area contributed by atoms with Crippen LogP contribution in [-0.2, 0) is 38.4 Å². The number of aromatic nitrogens is 3. The number of likely N-dealkylation sites (tertiary alicyclic amines) is 2. The SMILES string of the molecule is COC(=O)C1CCCN1C(=O)C1CC(NS(=O)(=O)c2cn(C)cn2)CCN1C(=O)c1cccn1C. The summed E-state index contributed by atoms with van der Waals surface area (Å²) in [4.78, 5) is 46.2. The lowest BCUT2D eigenvalue weighted by Crippen LogP contribution is -2.59. The van der Waals surface area contributed by atoms with Crippen molar-refractivity contribution in [2.45, 2.75) is 48.8 Å². The number of nitrogens with one attached hydrogen (secondary N) is 1. The van der Waals surface area contributed by atoms with Gasteiger partial charge in [0, 0.05) is 45.6 Å². The molecular formula is C22H30N6O6S. The fourth-order valence-electron chi connectivity index (χ4n) is 4.79. The quantitative estimate of drug-likeness (QED) is 0.539. The molecule has 0 saturated carbocycles. The van der Waals surface area contributed by atoms with Crippen LogP contribution in [0.4, 0.5) is 0 Å². The van der Waals surface area contributed by atoms with Gasteiger partial charge in [0.2, 0.25) is 5.91 Å². The Kier molecular flexibility index (Phi) is 6.99. The van der Waals surface area contributed by atoms with Crippen molar-refractivity contribution in [2.24, 2.45) is 14.1 Å². The maximum Gasteiger partial charge on any atom is 0.328 e. The molecule has 2 aliphatic heterocycles. The Hall–Kier alpha value is -3.19. The van der Waals surface area contributed by atoms with E-state index in [0.717, 1.165) is 0 Å². The van der Waals surface area contributed by atoms with Gasteiger partial charge in [0.15, 0.2) is 5.03 Å². The van der Waals surface area contributed by atoms with Crippen LogP contribution in [0.25, 0.3) is 0 Å². The van der Waals surface area contributed by atoms with Crippen molar-refractivity contribution in [2.75, 3.05) is 20.2 Å². The van der Waals surface area contributed by atoms with E-state index in [1.165, 1.54) is 34.0 Å². The number of methoxy groups -OCH3 is 1. The van der Waals surface area contributed by atoms with Crippen molar-refractivity contribution in [3.05, 3.63) is 36.5 Å². The Bertz CT molecular complexity index is 1220. The van der Waals surface area contributed by atoms with E-state index in [2.05, 4.69) is 9.71 Å². The number of aryl methyl sites for hydroxylation is 2. The molecule has 1 N–H and O–H groups in total. The number of hydrogen-bond donors (Lipinski definition) is 1. The maximum absolute atomic E-state index is 13.7. The van der Waals surface area contributed by atoms with Crippen LogP contribution in [0.15, 0.2) is 35.9 Å². The molecule has 2 amide bonds. The fourth-order valence-corrected chi connectivity index (χ4v) is 6.06. The van der Waals surface area contributed by atoms with Crippen molar-refractivity contribution in [1.29, 1.82) is 0 Å². The topological polar surface area (TPSA) is 136 Å². The Morgan fingerprint density at radius 3 is 2.51 bits per heavy atom. The van der Waals surface area contributed by atoms with E-state index >= 15 is 0 Å². The van der Waals surface area contributed by atoms with Gasteiger partial charge in [-0.1, -0.05) is 0 Å². The summed E-state index contributed by atoms with van der Waals surface area (Å²) in [7, 11) is 0.774. The van der Waals surface area contributed by atoms with Crippen LogP contribution >= 0.6 is 0 Å². The van der Waals surface area contributed by atoms with Gasteiger partial charge in [-0.15, -0.1) is 0 Å². The number of sulfonamides is 1. The van der Waals surface area contributed by atoms with Crippen molar-refractivity contribution in [3.8, 4) is 0 Å². The monoisotopic (exact) mass is 506 g/mol. The molecule has 13 heteroatoms. The second kappa shape index (κ2) is 9.82. The summed E-state index contributed by atoms with van der Waals surface area (Å²) < 4.78 is 36.4. The van der Waals surface area contributed by atoms with E-state index in [0.29, 0.717) is 31.5 Å². The lowest BCUT2D eigenvalue weighted by molar-refractivity contribution is -0.153. The third kappa shape index (κ3) is 4.96. The number of amides is 2. The standard InChI is InChI=1S/C22H30N6O6S/c1-25-13-19(23-14-25)35(32,33)24-15-8-11-28(20(29)16-6-4-9-26(16)2)18(12-15)21(30)27-10-5-7-17(27)22(31)34-3/h4,6,9,13-15,17-18,24H,5,7-8,10-12H2,1-3H3. The Morgan fingerprint density at radius 2 is 1.89 bits per heavy atom. The normalized spacial score (nSPS) is 22.9. The molecule has 0 aliphatic carbocycles. The Morgan fingerprint density at radius 1 is 1.11 bits per heavy atom. The van der Waals surface area contributed by atoms with Gasteiger partial charge in [0.05, 0.1) is 13.4 Å². The lowest BCUT2D eigenvalue weighted by Gasteiger charge is -2.40. The molecule has 2 saturated heterocycles. The molecule has 2 fully saturated rings. The third-order valence-electron chi connectivity index (χ3n) is 6.60. The number of carbonyl (C=O) groups excluding carboxylic acids is 3. The second-order valence-corrected chi connectivity index (χ2v) is 10.6. The molecule has 0 aromatic carbocycles. The van der Waals surface area contributed by atoms with E-state index in [1.807, 2.05) is 0 Å². The van der Waals surface area contributed by atoms with Gasteiger partial charge < -0.3 is 23.7 Å². The molecule has 35 heavy (non-hydrogen) atoms. The van der Waals surface area contributed by atoms with Gasteiger partial charge in [-0.2, -0.15) is 0 Å². The predicted molar refractivity (Wildman–Crippen MR) is 124 cm³/mol. The highest BCUT2D eigenvalue weighted by Gasteiger charge is 2.44. The zero-order valence-corrected chi connectivity index (χ0v) is 20.8. The maximum atomic E-state index is 13.7. The van der Waals surface area contributed by atoms with Gasteiger partial charge in [0.25, 0.3) is 15.9 Å². The molecule has 3 atom stereocenters. The van der Waals surface area contributed by atoms with E-state index in [4.69, 9.17) is 4.74 Å². The summed E-state index contributed by atoms with van der Waals surface area (Å²) in [5.41, 5.74) is 0.418. The number of piperidine rings is 1. The average molecular weight is 507 g/mol. The molecule has 0 radical (unpaired) electrons. The minimum absolute atomic E-state index is 0.0749. The highest BCUT2D eigenvalue weighted by Crippen LogP contribution is 2.27. The van der Waals surface area contributed by atoms with Crippen LogP contribution in [-0.4, -0.2) is 88.4 Å². The largest absolute Gasteiger partial charge is 0.467 e. The summed E-state index contributed by atoms with van der Waals surface area (Å²) in [5.74, 6) is -1.21. The predicted octanol–water partition coefficient (Wildman–Crippen LogP) is -0.126. The van der Waals surface area contributed by atoms with Crippen molar-refractivity contribution >= 4 is 27.8 Å². The smallest absolute Gasteiger partial charge is 0.328 e. The molecule has 2 aromatic rings. The molecule has 0 spiro atoms. The second-order valence-electron chi connectivity index (χ2n) is 8.95. The van der Waals surface area contributed by atoms with Gasteiger partial charge in [-0.05, 0) is 37.8 Å². The Labute approximate surface area is 203 Å². The molecule has 190 valence electrons. The van der Waals surface area contributed by atoms with E-state index < -0.39 is 34.1 Å². The highest BCUT2D eigenvalue weighted by atomic mass is 32.2. The summed E-state index contributed by atoms with van der Waals surface area (Å²) in [6, 6.07) is 1.17. The van der Waals surface area contributed by atoms with E-state index in [1.54, 1.807) is 37.0 Å². The summed E-state index contributed by atoms with van der Waals surface area (Å²) in [6.45, 7) is 0.540. The number of ether oxygens (including phenoxy) is 1.